The Morgan fingerprint density at radius 1 is 0.508 bits per heavy atom. The first kappa shape index (κ1) is 39.2. The van der Waals surface area contributed by atoms with E-state index in [-0.39, 0.29) is 21.1 Å². The molecule has 8 heteroatoms. The predicted molar refractivity (Wildman–Crippen MR) is 261 cm³/mol. The number of hydrogen-bond donors (Lipinski definition) is 0. The molecule has 1 atom stereocenters. The maximum Gasteiger partial charge on any atom is 2.00 e. The molecule has 4 aromatic heterocycles. The van der Waals surface area contributed by atoms with Crippen LogP contribution >= 0.6 is 0 Å². The fourth-order valence-corrected chi connectivity index (χ4v) is 15.6. The number of nitrogens with zero attached hydrogens (tertiary/aromatic N) is 5. The SMILES string of the molecule is FC(c1[c-]c(N2c3ncccc3[Si](c3ccccc3)(c3ccccc3)c3ccc4c(c32)c2ccccc2n4-c2ccccc2)ccc1)c1[c-]c2c(cc1)c1ccccc1n1ccnc21.[Pt+2]. The third kappa shape index (κ3) is 5.72. The fourth-order valence-electron chi connectivity index (χ4n) is 10.5. The molecule has 1 aliphatic heterocycles. The van der Waals surface area contributed by atoms with Gasteiger partial charge in [0.25, 0.3) is 0 Å². The number of para-hydroxylation sites is 3. The molecule has 0 saturated carbocycles. The van der Waals surface area contributed by atoms with E-state index in [1.807, 2.05) is 54.9 Å². The number of fused-ring (bicyclic) bond motifs is 12. The number of benzene rings is 8. The molecular formula is C57H36FN5PtSi. The van der Waals surface area contributed by atoms with Crippen molar-refractivity contribution in [1.29, 1.82) is 0 Å². The van der Waals surface area contributed by atoms with Gasteiger partial charge in [-0.1, -0.05) is 149 Å². The minimum absolute atomic E-state index is 0. The molecule has 1 unspecified atom stereocenters. The molecule has 0 N–H and O–H groups in total. The fraction of sp³-hybridized carbons (Fsp3) is 0.0175. The Balaban J connectivity index is 0.00000444. The van der Waals surface area contributed by atoms with Crippen LogP contribution in [0.1, 0.15) is 17.3 Å². The number of pyridine rings is 2. The molecule has 0 amide bonds. The molecule has 13 rings (SSSR count). The summed E-state index contributed by atoms with van der Waals surface area (Å²) in [6.07, 6.45) is 4.10. The molecule has 0 saturated heterocycles. The van der Waals surface area contributed by atoms with Crippen LogP contribution in [0.25, 0.3) is 54.8 Å². The van der Waals surface area contributed by atoms with Crippen LogP contribution < -0.4 is 25.6 Å². The van der Waals surface area contributed by atoms with Crippen molar-refractivity contribution in [2.75, 3.05) is 4.90 Å². The zero-order valence-corrected chi connectivity index (χ0v) is 38.0. The van der Waals surface area contributed by atoms with E-state index in [9.17, 15) is 0 Å². The average molecular weight is 1030 g/mol. The van der Waals surface area contributed by atoms with Gasteiger partial charge in [-0.2, -0.15) is 18.2 Å². The third-order valence-electron chi connectivity index (χ3n) is 13.1. The standard InChI is InChI=1S/C57H36FN5Si.Pt/c58-54(39-29-30-44-45-24-10-12-26-48(45)61-35-34-60-56(61)47(44)37-39)38-16-14-19-41(36-38)63-55-51(32-31-50-53(55)46-25-11-13-27-49(46)62(50)40-17-4-1-5-18-40)64(42-20-6-2-7-21-42,43-22-8-3-9-23-43)52-28-15-33-59-57(52)63;/h1-35,54H;/q-2;+2. The molecule has 5 heterocycles. The van der Waals surface area contributed by atoms with E-state index in [0.29, 0.717) is 16.8 Å². The normalized spacial score (nSPS) is 13.5. The van der Waals surface area contributed by atoms with Crippen molar-refractivity contribution in [3.8, 4) is 5.69 Å². The van der Waals surface area contributed by atoms with Crippen LogP contribution in [0.2, 0.25) is 0 Å². The van der Waals surface area contributed by atoms with Crippen LogP contribution in [0.3, 0.4) is 0 Å². The molecule has 0 radical (unpaired) electrons. The minimum atomic E-state index is -3.09. The van der Waals surface area contributed by atoms with E-state index in [1.54, 1.807) is 6.20 Å². The van der Waals surface area contributed by atoms with Crippen LogP contribution in [0.5, 0.6) is 0 Å². The molecule has 65 heavy (non-hydrogen) atoms. The van der Waals surface area contributed by atoms with Crippen molar-refractivity contribution in [2.45, 2.75) is 6.17 Å². The number of halogens is 1. The molecule has 0 aliphatic carbocycles. The van der Waals surface area contributed by atoms with E-state index in [0.717, 1.165) is 71.5 Å². The van der Waals surface area contributed by atoms with E-state index in [2.05, 4.69) is 178 Å². The van der Waals surface area contributed by atoms with Gasteiger partial charge in [0.15, 0.2) is 8.07 Å². The van der Waals surface area contributed by atoms with E-state index in [4.69, 9.17) is 9.97 Å². The Kier molecular flexibility index (Phi) is 9.26. The second kappa shape index (κ2) is 15.4. The smallest absolute Gasteiger partial charge is 0.340 e. The zero-order valence-electron chi connectivity index (χ0n) is 34.7. The molecule has 0 bridgehead atoms. The predicted octanol–water partition coefficient (Wildman–Crippen LogP) is 11.0. The van der Waals surface area contributed by atoms with Gasteiger partial charge >= 0.3 is 21.1 Å². The monoisotopic (exact) mass is 1030 g/mol. The Hall–Kier alpha value is -7.44. The number of alkyl halides is 1. The van der Waals surface area contributed by atoms with Gasteiger partial charge in [0.2, 0.25) is 0 Å². The second-order valence-electron chi connectivity index (χ2n) is 16.4. The largest absolute Gasteiger partial charge is 2.00 e. The topological polar surface area (TPSA) is 38.4 Å². The first-order valence-electron chi connectivity index (χ1n) is 21.5. The summed E-state index contributed by atoms with van der Waals surface area (Å²) in [6.45, 7) is 0. The summed E-state index contributed by atoms with van der Waals surface area (Å²) < 4.78 is 21.9. The molecule has 12 aromatic rings. The summed E-state index contributed by atoms with van der Waals surface area (Å²) in [5, 5.41) is 9.95. The minimum Gasteiger partial charge on any atom is -0.340 e. The first-order chi connectivity index (χ1) is 31.7. The van der Waals surface area contributed by atoms with Gasteiger partial charge in [-0.15, -0.1) is 29.8 Å². The van der Waals surface area contributed by atoms with Gasteiger partial charge in [-0.3, -0.25) is 4.98 Å². The summed E-state index contributed by atoms with van der Waals surface area (Å²) in [5.74, 6) is 0.813. The first-order valence-corrected chi connectivity index (χ1v) is 23.5. The summed E-state index contributed by atoms with van der Waals surface area (Å²) in [6, 6.07) is 75.2. The van der Waals surface area contributed by atoms with Crippen molar-refractivity contribution in [1.82, 2.24) is 18.9 Å². The summed E-state index contributed by atoms with van der Waals surface area (Å²) in [4.78, 5) is 12.3. The Morgan fingerprint density at radius 2 is 1.18 bits per heavy atom. The van der Waals surface area contributed by atoms with Crippen molar-refractivity contribution in [3.63, 3.8) is 0 Å². The van der Waals surface area contributed by atoms with Crippen molar-refractivity contribution in [2.24, 2.45) is 0 Å². The van der Waals surface area contributed by atoms with Crippen molar-refractivity contribution in [3.05, 3.63) is 236 Å². The van der Waals surface area contributed by atoms with Crippen LogP contribution in [0, 0.1) is 12.1 Å². The average Bonchev–Trinajstić information content (AvgIpc) is 4.01. The molecule has 1 aliphatic rings. The van der Waals surface area contributed by atoms with E-state index < -0.39 is 14.2 Å². The van der Waals surface area contributed by atoms with Crippen molar-refractivity contribution < 1.29 is 25.5 Å². The van der Waals surface area contributed by atoms with Crippen LogP contribution in [0.15, 0.2) is 213 Å². The number of imidazole rings is 1. The van der Waals surface area contributed by atoms with Gasteiger partial charge in [0.05, 0.1) is 22.4 Å². The Labute approximate surface area is 390 Å². The van der Waals surface area contributed by atoms with E-state index >= 15 is 4.39 Å². The second-order valence-corrected chi connectivity index (χ2v) is 20.2. The Morgan fingerprint density at radius 3 is 1.95 bits per heavy atom. The summed E-state index contributed by atoms with van der Waals surface area (Å²) >= 11 is 0. The van der Waals surface area contributed by atoms with Gasteiger partial charge in [-0.25, -0.2) is 9.37 Å². The summed E-state index contributed by atoms with van der Waals surface area (Å²) in [5.41, 5.74) is 7.61. The number of aromatic nitrogens is 4. The molecule has 0 spiro atoms. The van der Waals surface area contributed by atoms with Gasteiger partial charge in [-0.05, 0) is 62.5 Å². The molecule has 310 valence electrons. The third-order valence-corrected chi connectivity index (χ3v) is 18.0. The van der Waals surface area contributed by atoms with Gasteiger partial charge < -0.3 is 13.9 Å². The maximum absolute atomic E-state index is 17.5. The van der Waals surface area contributed by atoms with Crippen LogP contribution in [0.4, 0.5) is 21.6 Å². The molecule has 0 fully saturated rings. The maximum atomic E-state index is 17.5. The van der Waals surface area contributed by atoms with E-state index in [1.165, 1.54) is 15.6 Å². The number of hydrogen-bond acceptors (Lipinski definition) is 3. The zero-order chi connectivity index (χ0) is 42.4. The van der Waals surface area contributed by atoms with Crippen molar-refractivity contribution >= 4 is 95.1 Å². The van der Waals surface area contributed by atoms with Crippen LogP contribution in [-0.4, -0.2) is 27.0 Å². The van der Waals surface area contributed by atoms with Gasteiger partial charge in [0, 0.05) is 40.6 Å². The molecule has 5 nitrogen and oxygen atoms in total. The van der Waals surface area contributed by atoms with Crippen LogP contribution in [-0.2, 0) is 21.1 Å². The molecule has 8 aromatic carbocycles. The molecular weight excluding hydrogens is 997 g/mol. The number of rotatable bonds is 6. The van der Waals surface area contributed by atoms with Gasteiger partial charge in [0.1, 0.15) is 12.0 Å². The number of anilines is 3. The Bertz CT molecular complexity index is 3740. The summed E-state index contributed by atoms with van der Waals surface area (Å²) in [7, 11) is -3.09. The quantitative estimate of drug-likeness (QED) is 0.0946.